The third-order valence-electron chi connectivity index (χ3n) is 4.80. The van der Waals surface area contributed by atoms with Crippen LogP contribution in [0.4, 0.5) is 5.82 Å². The molecule has 0 aliphatic carbocycles. The van der Waals surface area contributed by atoms with Gasteiger partial charge in [-0.2, -0.15) is 4.98 Å². The van der Waals surface area contributed by atoms with Crippen molar-refractivity contribution in [3.8, 4) is 17.4 Å². The van der Waals surface area contributed by atoms with E-state index in [4.69, 9.17) is 0 Å². The highest BCUT2D eigenvalue weighted by molar-refractivity contribution is 5.94. The first kappa shape index (κ1) is 18.0. The van der Waals surface area contributed by atoms with Crippen LogP contribution >= 0.6 is 0 Å². The lowest BCUT2D eigenvalue weighted by atomic mass is 10.0. The molecule has 1 amide bonds. The molecule has 0 saturated heterocycles. The average molecular weight is 375 g/mol. The molecule has 0 saturated carbocycles. The Bertz CT molecular complexity index is 963. The SMILES string of the molecule is O=C(CCCc1cccnc1)N1CCCc2c(O)nc(-c3ccccn3)nc21. The number of aromatic hydroxyl groups is 1. The molecule has 28 heavy (non-hydrogen) atoms. The van der Waals surface area contributed by atoms with E-state index in [0.717, 1.165) is 24.8 Å². The molecule has 1 aliphatic heterocycles. The molecule has 7 nitrogen and oxygen atoms in total. The Balaban J connectivity index is 1.53. The highest BCUT2D eigenvalue weighted by Gasteiger charge is 2.27. The summed E-state index contributed by atoms with van der Waals surface area (Å²) in [6, 6.07) is 9.34. The topological polar surface area (TPSA) is 92.1 Å². The number of fused-ring (bicyclic) bond motifs is 1. The fourth-order valence-corrected chi connectivity index (χ4v) is 3.40. The van der Waals surface area contributed by atoms with E-state index in [1.807, 2.05) is 24.4 Å². The lowest BCUT2D eigenvalue weighted by Gasteiger charge is -2.28. The smallest absolute Gasteiger partial charge is 0.228 e. The van der Waals surface area contributed by atoms with E-state index in [1.54, 1.807) is 29.4 Å². The number of pyridine rings is 2. The van der Waals surface area contributed by atoms with Crippen LogP contribution < -0.4 is 4.90 Å². The molecule has 3 aromatic heterocycles. The highest BCUT2D eigenvalue weighted by atomic mass is 16.3. The number of anilines is 1. The van der Waals surface area contributed by atoms with Crippen LogP contribution in [0, 0.1) is 0 Å². The van der Waals surface area contributed by atoms with E-state index in [-0.39, 0.29) is 11.8 Å². The maximum atomic E-state index is 12.9. The van der Waals surface area contributed by atoms with Crippen molar-refractivity contribution in [2.45, 2.75) is 32.1 Å². The van der Waals surface area contributed by atoms with Crippen LogP contribution in [0.2, 0.25) is 0 Å². The van der Waals surface area contributed by atoms with E-state index in [9.17, 15) is 9.90 Å². The van der Waals surface area contributed by atoms with Crippen LogP contribution in [-0.4, -0.2) is 37.5 Å². The number of aryl methyl sites for hydroxylation is 1. The van der Waals surface area contributed by atoms with E-state index < -0.39 is 0 Å². The second kappa shape index (κ2) is 8.12. The first-order chi connectivity index (χ1) is 13.7. The zero-order valence-electron chi connectivity index (χ0n) is 15.5. The highest BCUT2D eigenvalue weighted by Crippen LogP contribution is 2.33. The molecular weight excluding hydrogens is 354 g/mol. The van der Waals surface area contributed by atoms with Gasteiger partial charge in [0.15, 0.2) is 5.82 Å². The number of nitrogens with zero attached hydrogens (tertiary/aromatic N) is 5. The Morgan fingerprint density at radius 3 is 2.86 bits per heavy atom. The molecule has 0 radical (unpaired) electrons. The van der Waals surface area contributed by atoms with E-state index >= 15 is 0 Å². The Kier molecular flexibility index (Phi) is 5.23. The maximum Gasteiger partial charge on any atom is 0.228 e. The quantitative estimate of drug-likeness (QED) is 0.737. The zero-order valence-corrected chi connectivity index (χ0v) is 15.5. The van der Waals surface area contributed by atoms with Crippen molar-refractivity contribution in [1.29, 1.82) is 0 Å². The minimum Gasteiger partial charge on any atom is -0.493 e. The van der Waals surface area contributed by atoms with Crippen molar-refractivity contribution in [2.24, 2.45) is 0 Å². The molecule has 0 bridgehead atoms. The summed E-state index contributed by atoms with van der Waals surface area (Å²) < 4.78 is 0. The zero-order chi connectivity index (χ0) is 19.3. The minimum absolute atomic E-state index is 0.00918. The predicted molar refractivity (Wildman–Crippen MR) is 105 cm³/mol. The van der Waals surface area contributed by atoms with Gasteiger partial charge in [0.2, 0.25) is 11.8 Å². The molecule has 0 aromatic carbocycles. The molecule has 4 rings (SSSR count). The van der Waals surface area contributed by atoms with Crippen LogP contribution in [-0.2, 0) is 17.6 Å². The molecule has 0 atom stereocenters. The van der Waals surface area contributed by atoms with Crippen molar-refractivity contribution in [1.82, 2.24) is 19.9 Å². The number of hydrogen-bond acceptors (Lipinski definition) is 6. The predicted octanol–water partition coefficient (Wildman–Crippen LogP) is 2.94. The fraction of sp³-hybridized carbons (Fsp3) is 0.286. The van der Waals surface area contributed by atoms with Gasteiger partial charge in [-0.25, -0.2) is 4.98 Å². The number of rotatable bonds is 5. The van der Waals surface area contributed by atoms with Crippen molar-refractivity contribution in [3.05, 3.63) is 60.0 Å². The lowest BCUT2D eigenvalue weighted by molar-refractivity contribution is -0.118. The second-order valence-corrected chi connectivity index (χ2v) is 6.75. The van der Waals surface area contributed by atoms with E-state index in [0.29, 0.717) is 42.3 Å². The van der Waals surface area contributed by atoms with Crippen LogP contribution in [0.3, 0.4) is 0 Å². The number of hydrogen-bond donors (Lipinski definition) is 1. The van der Waals surface area contributed by atoms with Gasteiger partial charge in [0, 0.05) is 31.6 Å². The lowest BCUT2D eigenvalue weighted by Crippen LogP contribution is -2.36. The molecular formula is C21H21N5O2. The summed E-state index contributed by atoms with van der Waals surface area (Å²) in [7, 11) is 0. The first-order valence-electron chi connectivity index (χ1n) is 9.43. The molecule has 1 N–H and O–H groups in total. The van der Waals surface area contributed by atoms with Gasteiger partial charge in [0.05, 0.1) is 5.56 Å². The van der Waals surface area contributed by atoms with Crippen molar-refractivity contribution in [3.63, 3.8) is 0 Å². The fourth-order valence-electron chi connectivity index (χ4n) is 3.40. The molecule has 3 aromatic rings. The van der Waals surface area contributed by atoms with Crippen LogP contribution in [0.25, 0.3) is 11.5 Å². The third kappa shape index (κ3) is 3.83. The van der Waals surface area contributed by atoms with Crippen molar-refractivity contribution in [2.75, 3.05) is 11.4 Å². The molecule has 0 unspecified atom stereocenters. The summed E-state index contributed by atoms with van der Waals surface area (Å²) in [6.45, 7) is 0.594. The van der Waals surface area contributed by atoms with E-state index in [1.165, 1.54) is 0 Å². The summed E-state index contributed by atoms with van der Waals surface area (Å²) in [5, 5.41) is 10.4. The Morgan fingerprint density at radius 1 is 1.14 bits per heavy atom. The summed E-state index contributed by atoms with van der Waals surface area (Å²) in [5.41, 5.74) is 2.31. The average Bonchev–Trinajstić information content (AvgIpc) is 2.74. The summed E-state index contributed by atoms with van der Waals surface area (Å²) in [4.78, 5) is 31.7. The monoisotopic (exact) mass is 375 g/mol. The van der Waals surface area contributed by atoms with Crippen LogP contribution in [0.5, 0.6) is 5.88 Å². The number of aromatic nitrogens is 4. The minimum atomic E-state index is -0.0708. The molecule has 0 spiro atoms. The number of carbonyl (C=O) groups excluding carboxylic acids is 1. The molecule has 4 heterocycles. The Hall–Kier alpha value is -3.35. The standard InChI is InChI=1S/C21H21N5O2/c27-18(10-3-6-15-7-4-11-22-14-15)26-13-5-8-16-20(26)24-19(25-21(16)28)17-9-1-2-12-23-17/h1-2,4,7,9,11-12,14H,3,5-6,8,10,13H2,(H,24,25,28). The Labute approximate surface area is 163 Å². The Morgan fingerprint density at radius 2 is 2.07 bits per heavy atom. The summed E-state index contributed by atoms with van der Waals surface area (Å²) >= 11 is 0. The maximum absolute atomic E-state index is 12.9. The van der Waals surface area contributed by atoms with Gasteiger partial charge in [0.25, 0.3) is 0 Å². The molecule has 7 heteroatoms. The summed E-state index contributed by atoms with van der Waals surface area (Å²) in [6.07, 6.45) is 8.60. The van der Waals surface area contributed by atoms with E-state index in [2.05, 4.69) is 19.9 Å². The van der Waals surface area contributed by atoms with Gasteiger partial charge in [-0.15, -0.1) is 0 Å². The number of amides is 1. The van der Waals surface area contributed by atoms with Crippen molar-refractivity contribution >= 4 is 11.7 Å². The summed E-state index contributed by atoms with van der Waals surface area (Å²) in [5.74, 6) is 0.770. The first-order valence-corrected chi connectivity index (χ1v) is 9.43. The van der Waals surface area contributed by atoms with Gasteiger partial charge in [-0.05, 0) is 49.4 Å². The van der Waals surface area contributed by atoms with Gasteiger partial charge in [-0.1, -0.05) is 12.1 Å². The van der Waals surface area contributed by atoms with Gasteiger partial charge in [-0.3, -0.25) is 19.7 Å². The van der Waals surface area contributed by atoms with Crippen LogP contribution in [0.1, 0.15) is 30.4 Å². The van der Waals surface area contributed by atoms with Crippen LogP contribution in [0.15, 0.2) is 48.9 Å². The van der Waals surface area contributed by atoms with Gasteiger partial charge >= 0.3 is 0 Å². The molecule has 0 fully saturated rings. The van der Waals surface area contributed by atoms with Crippen molar-refractivity contribution < 1.29 is 9.90 Å². The normalized spacial score (nSPS) is 13.2. The second-order valence-electron chi connectivity index (χ2n) is 6.75. The van der Waals surface area contributed by atoms with Gasteiger partial charge in [0.1, 0.15) is 11.5 Å². The number of carbonyl (C=O) groups is 1. The van der Waals surface area contributed by atoms with Gasteiger partial charge < -0.3 is 5.11 Å². The molecule has 142 valence electrons. The third-order valence-corrected chi connectivity index (χ3v) is 4.80. The largest absolute Gasteiger partial charge is 0.493 e. The molecule has 1 aliphatic rings.